The molecule has 3 rings (SSSR count). The summed E-state index contributed by atoms with van der Waals surface area (Å²) >= 11 is 0. The summed E-state index contributed by atoms with van der Waals surface area (Å²) < 4.78 is 5.70. The summed E-state index contributed by atoms with van der Waals surface area (Å²) in [5.41, 5.74) is 4.23. The normalized spacial score (nSPS) is 14.0. The van der Waals surface area contributed by atoms with E-state index in [0.717, 1.165) is 29.7 Å². The molecule has 1 fully saturated rings. The lowest BCUT2D eigenvalue weighted by Crippen LogP contribution is -2.04. The molecule has 0 unspecified atom stereocenters. The van der Waals surface area contributed by atoms with Crippen LogP contribution in [0.1, 0.15) is 39.9 Å². The van der Waals surface area contributed by atoms with Gasteiger partial charge in [-0.05, 0) is 56.5 Å². The average molecular weight is 280 g/mol. The van der Waals surface area contributed by atoms with Gasteiger partial charge < -0.3 is 4.74 Å². The van der Waals surface area contributed by atoms with Gasteiger partial charge in [-0.2, -0.15) is 0 Å². The Morgan fingerprint density at radius 2 is 1.67 bits per heavy atom. The number of hydrogen-bond acceptors (Lipinski definition) is 2. The molecule has 0 radical (unpaired) electrons. The fourth-order valence-electron chi connectivity index (χ4n) is 2.56. The first kappa shape index (κ1) is 13.9. The molecule has 2 heteroatoms. The van der Waals surface area contributed by atoms with E-state index in [-0.39, 0.29) is 5.78 Å². The van der Waals surface area contributed by atoms with Crippen molar-refractivity contribution < 1.29 is 9.53 Å². The summed E-state index contributed by atoms with van der Waals surface area (Å²) in [6, 6.07) is 13.8. The van der Waals surface area contributed by atoms with Crippen LogP contribution in [0, 0.1) is 13.8 Å². The number of benzene rings is 2. The lowest BCUT2D eigenvalue weighted by atomic mass is 10.00. The van der Waals surface area contributed by atoms with E-state index in [1.807, 2.05) is 24.3 Å². The Balaban J connectivity index is 1.69. The fraction of sp³-hybridized carbons (Fsp3) is 0.316. The van der Waals surface area contributed by atoms with E-state index in [0.29, 0.717) is 12.5 Å². The van der Waals surface area contributed by atoms with Crippen molar-refractivity contribution in [3.63, 3.8) is 0 Å². The van der Waals surface area contributed by atoms with E-state index in [2.05, 4.69) is 32.0 Å². The number of carbonyl (C=O) groups is 1. The molecule has 21 heavy (non-hydrogen) atoms. The van der Waals surface area contributed by atoms with Crippen molar-refractivity contribution in [3.8, 4) is 5.75 Å². The molecule has 0 aliphatic heterocycles. The van der Waals surface area contributed by atoms with Crippen LogP contribution in [0.2, 0.25) is 0 Å². The van der Waals surface area contributed by atoms with Crippen LogP contribution in [-0.4, -0.2) is 11.9 Å². The molecule has 108 valence electrons. The average Bonchev–Trinajstić information content (AvgIpc) is 3.22. The first-order valence-corrected chi connectivity index (χ1v) is 7.47. The Bertz CT molecular complexity index is 632. The van der Waals surface area contributed by atoms with Gasteiger partial charge in [-0.3, -0.25) is 4.79 Å². The number of hydrogen-bond donors (Lipinski definition) is 0. The molecule has 0 N–H and O–H groups in total. The minimum atomic E-state index is 0.151. The van der Waals surface area contributed by atoms with Gasteiger partial charge >= 0.3 is 0 Å². The van der Waals surface area contributed by atoms with Crippen molar-refractivity contribution in [2.45, 2.75) is 39.2 Å². The predicted octanol–water partition coefficient (Wildman–Crippen LogP) is 4.27. The van der Waals surface area contributed by atoms with Crippen molar-refractivity contribution in [1.29, 1.82) is 0 Å². The van der Waals surface area contributed by atoms with E-state index >= 15 is 0 Å². The third-order valence-corrected chi connectivity index (χ3v) is 3.65. The second kappa shape index (κ2) is 5.72. The van der Waals surface area contributed by atoms with E-state index in [1.54, 1.807) is 0 Å². The summed E-state index contributed by atoms with van der Waals surface area (Å²) in [4.78, 5) is 12.3. The Labute approximate surface area is 125 Å². The van der Waals surface area contributed by atoms with Gasteiger partial charge in [0, 0.05) is 12.0 Å². The van der Waals surface area contributed by atoms with Gasteiger partial charge in [0.1, 0.15) is 5.75 Å². The van der Waals surface area contributed by atoms with E-state index < -0.39 is 0 Å². The lowest BCUT2D eigenvalue weighted by Gasteiger charge is -2.07. The van der Waals surface area contributed by atoms with Crippen molar-refractivity contribution in [2.75, 3.05) is 0 Å². The van der Waals surface area contributed by atoms with Crippen LogP contribution in [-0.2, 0) is 6.42 Å². The van der Waals surface area contributed by atoms with Gasteiger partial charge in [0.25, 0.3) is 0 Å². The summed E-state index contributed by atoms with van der Waals surface area (Å²) in [6.45, 7) is 4.12. The van der Waals surface area contributed by atoms with Crippen LogP contribution in [0.4, 0.5) is 0 Å². The van der Waals surface area contributed by atoms with Crippen LogP contribution in [0.25, 0.3) is 0 Å². The summed E-state index contributed by atoms with van der Waals surface area (Å²) in [5, 5.41) is 0. The molecule has 2 nitrogen and oxygen atoms in total. The molecule has 0 saturated heterocycles. The first-order valence-electron chi connectivity index (χ1n) is 7.47. The zero-order valence-electron chi connectivity index (χ0n) is 12.6. The molecule has 0 aromatic heterocycles. The van der Waals surface area contributed by atoms with Gasteiger partial charge in [-0.15, -0.1) is 0 Å². The topological polar surface area (TPSA) is 26.3 Å². The maximum atomic E-state index is 12.3. The molecule has 0 bridgehead atoms. The highest BCUT2D eigenvalue weighted by atomic mass is 16.5. The largest absolute Gasteiger partial charge is 0.490 e. The summed E-state index contributed by atoms with van der Waals surface area (Å²) in [5.74, 6) is 1.01. The lowest BCUT2D eigenvalue weighted by molar-refractivity contribution is 0.0993. The molecule has 0 heterocycles. The minimum Gasteiger partial charge on any atom is -0.490 e. The van der Waals surface area contributed by atoms with Crippen LogP contribution in [0.15, 0.2) is 42.5 Å². The number of rotatable bonds is 5. The second-order valence-corrected chi connectivity index (χ2v) is 5.94. The molecule has 2 aromatic rings. The monoisotopic (exact) mass is 280 g/mol. The number of ether oxygens (including phenoxy) is 1. The van der Waals surface area contributed by atoms with E-state index in [1.165, 1.54) is 11.1 Å². The van der Waals surface area contributed by atoms with Crippen molar-refractivity contribution in [3.05, 3.63) is 64.7 Å². The Hall–Kier alpha value is -2.09. The molecule has 2 aromatic carbocycles. The highest BCUT2D eigenvalue weighted by Gasteiger charge is 2.23. The Morgan fingerprint density at radius 3 is 2.24 bits per heavy atom. The van der Waals surface area contributed by atoms with Crippen LogP contribution in [0.3, 0.4) is 0 Å². The third kappa shape index (κ3) is 3.72. The molecule has 0 spiro atoms. The van der Waals surface area contributed by atoms with Gasteiger partial charge in [-0.1, -0.05) is 29.3 Å². The van der Waals surface area contributed by atoms with Gasteiger partial charge in [0.15, 0.2) is 5.78 Å². The summed E-state index contributed by atoms with van der Waals surface area (Å²) in [7, 11) is 0. The standard InChI is InChI=1S/C19H20O2/c1-13-9-14(2)11-15(10-13)12-19(20)16-3-5-17(6-4-16)21-18-7-8-18/h3-6,9-11,18H,7-8,12H2,1-2H3. The van der Waals surface area contributed by atoms with E-state index in [9.17, 15) is 4.79 Å². The highest BCUT2D eigenvalue weighted by molar-refractivity contribution is 5.97. The van der Waals surface area contributed by atoms with Gasteiger partial charge in [0.2, 0.25) is 0 Å². The number of carbonyl (C=O) groups excluding carboxylic acids is 1. The highest BCUT2D eigenvalue weighted by Crippen LogP contribution is 2.26. The molecule has 1 aliphatic rings. The van der Waals surface area contributed by atoms with Crippen molar-refractivity contribution in [1.82, 2.24) is 0 Å². The number of aryl methyl sites for hydroxylation is 2. The van der Waals surface area contributed by atoms with Gasteiger partial charge in [0.05, 0.1) is 6.10 Å². The van der Waals surface area contributed by atoms with Crippen molar-refractivity contribution >= 4 is 5.78 Å². The van der Waals surface area contributed by atoms with Crippen LogP contribution < -0.4 is 4.74 Å². The van der Waals surface area contributed by atoms with Crippen LogP contribution >= 0.6 is 0 Å². The predicted molar refractivity (Wildman–Crippen MR) is 84.0 cm³/mol. The SMILES string of the molecule is Cc1cc(C)cc(CC(=O)c2ccc(OC3CC3)cc2)c1. The third-order valence-electron chi connectivity index (χ3n) is 3.65. The number of Topliss-reactive ketones (excluding diaryl/α,β-unsaturated/α-hetero) is 1. The first-order chi connectivity index (χ1) is 10.1. The molecule has 1 aliphatic carbocycles. The summed E-state index contributed by atoms with van der Waals surface area (Å²) in [6.07, 6.45) is 3.13. The van der Waals surface area contributed by atoms with E-state index in [4.69, 9.17) is 4.74 Å². The molecule has 1 saturated carbocycles. The molecular formula is C19H20O2. The zero-order valence-corrected chi connectivity index (χ0v) is 12.6. The zero-order chi connectivity index (χ0) is 14.8. The molecule has 0 amide bonds. The molecular weight excluding hydrogens is 260 g/mol. The van der Waals surface area contributed by atoms with Crippen molar-refractivity contribution in [2.24, 2.45) is 0 Å². The fourth-order valence-corrected chi connectivity index (χ4v) is 2.56. The Kier molecular flexibility index (Phi) is 3.78. The minimum absolute atomic E-state index is 0.151. The number of ketones is 1. The van der Waals surface area contributed by atoms with Gasteiger partial charge in [-0.25, -0.2) is 0 Å². The quantitative estimate of drug-likeness (QED) is 0.764. The Morgan fingerprint density at radius 1 is 1.05 bits per heavy atom. The smallest absolute Gasteiger partial charge is 0.167 e. The maximum absolute atomic E-state index is 12.3. The molecule has 0 atom stereocenters. The van der Waals surface area contributed by atoms with Crippen LogP contribution in [0.5, 0.6) is 5.75 Å². The second-order valence-electron chi connectivity index (χ2n) is 5.94. The maximum Gasteiger partial charge on any atom is 0.167 e.